The normalized spacial score (nSPS) is 11.7. The summed E-state index contributed by atoms with van der Waals surface area (Å²) in [6.07, 6.45) is -0.226. The maximum atomic E-state index is 11.8. The van der Waals surface area contributed by atoms with Crippen molar-refractivity contribution in [3.63, 3.8) is 0 Å². The number of halogens is 1. The van der Waals surface area contributed by atoms with Crippen LogP contribution in [0.1, 0.15) is 13.3 Å². The van der Waals surface area contributed by atoms with E-state index in [1.807, 2.05) is 6.92 Å². The minimum atomic E-state index is -1.01. The molecule has 1 unspecified atom stereocenters. The minimum absolute atomic E-state index is 0.226. The van der Waals surface area contributed by atoms with Crippen LogP contribution in [0.5, 0.6) is 5.75 Å². The van der Waals surface area contributed by atoms with Gasteiger partial charge in [0.1, 0.15) is 5.75 Å². The van der Waals surface area contributed by atoms with Gasteiger partial charge in [-0.3, -0.25) is 9.59 Å². The van der Waals surface area contributed by atoms with E-state index in [1.54, 1.807) is 18.2 Å². The van der Waals surface area contributed by atoms with Crippen molar-refractivity contribution in [2.45, 2.75) is 19.4 Å². The number of carbonyl (C=O) groups is 2. The van der Waals surface area contributed by atoms with Crippen LogP contribution in [-0.2, 0) is 9.59 Å². The lowest BCUT2D eigenvalue weighted by Gasteiger charge is -2.14. The van der Waals surface area contributed by atoms with E-state index in [0.717, 1.165) is 0 Å². The first-order valence-corrected chi connectivity index (χ1v) is 6.09. The van der Waals surface area contributed by atoms with E-state index in [-0.39, 0.29) is 6.42 Å². The molecule has 0 saturated heterocycles. The Morgan fingerprint density at radius 3 is 2.74 bits per heavy atom. The van der Waals surface area contributed by atoms with Crippen molar-refractivity contribution in [3.05, 3.63) is 23.2 Å². The lowest BCUT2D eigenvalue weighted by molar-refractivity contribution is -0.123. The third kappa shape index (κ3) is 4.76. The summed E-state index contributed by atoms with van der Waals surface area (Å²) in [4.78, 5) is 22.5. The predicted molar refractivity (Wildman–Crippen MR) is 73.0 cm³/mol. The van der Waals surface area contributed by atoms with Crippen LogP contribution in [0.3, 0.4) is 0 Å². The van der Waals surface area contributed by atoms with E-state index >= 15 is 0 Å². The Bertz CT molecular complexity index is 479. The number of amides is 2. The maximum absolute atomic E-state index is 11.8. The predicted octanol–water partition coefficient (Wildman–Crippen LogP) is 0.880. The Hall–Kier alpha value is -1.79. The van der Waals surface area contributed by atoms with E-state index in [4.69, 9.17) is 27.8 Å². The van der Waals surface area contributed by atoms with Gasteiger partial charge in [0.15, 0.2) is 0 Å². The molecule has 0 fully saturated rings. The first-order chi connectivity index (χ1) is 8.93. The van der Waals surface area contributed by atoms with Crippen LogP contribution < -0.4 is 21.5 Å². The molecule has 2 amide bonds. The summed E-state index contributed by atoms with van der Waals surface area (Å²) >= 11 is 5.85. The van der Waals surface area contributed by atoms with Crippen molar-refractivity contribution in [2.24, 2.45) is 11.5 Å². The van der Waals surface area contributed by atoms with Gasteiger partial charge in [-0.15, -0.1) is 0 Å². The Morgan fingerprint density at radius 2 is 2.16 bits per heavy atom. The zero-order valence-electron chi connectivity index (χ0n) is 10.5. The summed E-state index contributed by atoms with van der Waals surface area (Å²) in [7, 11) is 0. The summed E-state index contributed by atoms with van der Waals surface area (Å²) < 4.78 is 5.35. The number of rotatable bonds is 6. The van der Waals surface area contributed by atoms with Gasteiger partial charge in [-0.25, -0.2) is 0 Å². The molecule has 7 heteroatoms. The number of nitrogens with one attached hydrogen (secondary N) is 1. The molecule has 0 bridgehead atoms. The number of nitrogens with two attached hydrogens (primary N) is 2. The van der Waals surface area contributed by atoms with Gasteiger partial charge in [-0.2, -0.15) is 0 Å². The topological polar surface area (TPSA) is 107 Å². The molecule has 1 atom stereocenters. The van der Waals surface area contributed by atoms with Crippen LogP contribution in [0.2, 0.25) is 5.02 Å². The van der Waals surface area contributed by atoms with Crippen molar-refractivity contribution in [1.82, 2.24) is 0 Å². The third-order valence-corrected chi connectivity index (χ3v) is 2.49. The average molecular weight is 286 g/mol. The highest BCUT2D eigenvalue weighted by molar-refractivity contribution is 6.31. The number of primary amides is 1. The van der Waals surface area contributed by atoms with Crippen LogP contribution >= 0.6 is 11.6 Å². The van der Waals surface area contributed by atoms with Gasteiger partial charge in [0.2, 0.25) is 11.8 Å². The molecule has 6 nitrogen and oxygen atoms in total. The monoisotopic (exact) mass is 285 g/mol. The largest absolute Gasteiger partial charge is 0.492 e. The minimum Gasteiger partial charge on any atom is -0.492 e. The maximum Gasteiger partial charge on any atom is 0.241 e. The summed E-state index contributed by atoms with van der Waals surface area (Å²) in [5, 5.41) is 3.01. The Kier molecular flexibility index (Phi) is 5.59. The van der Waals surface area contributed by atoms with Gasteiger partial charge in [-0.05, 0) is 25.1 Å². The van der Waals surface area contributed by atoms with Crippen molar-refractivity contribution in [1.29, 1.82) is 0 Å². The van der Waals surface area contributed by atoms with Crippen LogP contribution in [0.4, 0.5) is 5.69 Å². The number of benzene rings is 1. The first-order valence-electron chi connectivity index (χ1n) is 5.71. The molecule has 0 radical (unpaired) electrons. The van der Waals surface area contributed by atoms with Crippen LogP contribution in [0, 0.1) is 0 Å². The SMILES string of the molecule is CCOc1ccc(Cl)cc1NC(=O)C(N)CC(N)=O. The number of ether oxygens (including phenoxy) is 1. The zero-order chi connectivity index (χ0) is 14.4. The second-order valence-corrected chi connectivity index (χ2v) is 4.28. The van der Waals surface area contributed by atoms with Crippen molar-refractivity contribution < 1.29 is 14.3 Å². The molecule has 0 aromatic heterocycles. The molecule has 0 heterocycles. The van der Waals surface area contributed by atoms with Gasteiger partial charge in [0.05, 0.1) is 24.8 Å². The lowest BCUT2D eigenvalue weighted by atomic mass is 10.2. The van der Waals surface area contributed by atoms with Crippen molar-refractivity contribution in [2.75, 3.05) is 11.9 Å². The van der Waals surface area contributed by atoms with E-state index < -0.39 is 17.9 Å². The molecule has 5 N–H and O–H groups in total. The fourth-order valence-electron chi connectivity index (χ4n) is 1.42. The fourth-order valence-corrected chi connectivity index (χ4v) is 1.59. The molecular formula is C12H16ClN3O3. The Morgan fingerprint density at radius 1 is 1.47 bits per heavy atom. The highest BCUT2D eigenvalue weighted by Crippen LogP contribution is 2.28. The lowest BCUT2D eigenvalue weighted by Crippen LogP contribution is -2.39. The molecule has 0 aliphatic rings. The van der Waals surface area contributed by atoms with E-state index in [1.165, 1.54) is 0 Å². The van der Waals surface area contributed by atoms with Crippen molar-refractivity contribution >= 4 is 29.1 Å². The van der Waals surface area contributed by atoms with E-state index in [9.17, 15) is 9.59 Å². The van der Waals surface area contributed by atoms with Crippen LogP contribution in [0.25, 0.3) is 0 Å². The fraction of sp³-hybridized carbons (Fsp3) is 0.333. The second-order valence-electron chi connectivity index (χ2n) is 3.84. The molecule has 0 aliphatic carbocycles. The van der Waals surface area contributed by atoms with Crippen LogP contribution in [-0.4, -0.2) is 24.5 Å². The summed E-state index contributed by atoms with van der Waals surface area (Å²) in [6.45, 7) is 2.26. The summed E-state index contributed by atoms with van der Waals surface area (Å²) in [5.41, 5.74) is 10.9. The van der Waals surface area contributed by atoms with Gasteiger partial charge in [0, 0.05) is 5.02 Å². The average Bonchev–Trinajstić information content (AvgIpc) is 2.32. The Balaban J connectivity index is 2.82. The number of anilines is 1. The molecule has 0 spiro atoms. The van der Waals surface area contributed by atoms with E-state index in [0.29, 0.717) is 23.1 Å². The number of hydrogen-bond acceptors (Lipinski definition) is 4. The molecule has 0 aliphatic heterocycles. The molecule has 1 aromatic rings. The standard InChI is InChI=1S/C12H16ClN3O3/c1-2-19-10-4-3-7(13)5-9(10)16-12(18)8(14)6-11(15)17/h3-5,8H,2,6,14H2,1H3,(H2,15,17)(H,16,18). The third-order valence-electron chi connectivity index (χ3n) is 2.26. The molecule has 104 valence electrons. The molecule has 0 saturated carbocycles. The van der Waals surface area contributed by atoms with Crippen molar-refractivity contribution in [3.8, 4) is 5.75 Å². The van der Waals surface area contributed by atoms with Crippen LogP contribution in [0.15, 0.2) is 18.2 Å². The molecule has 1 rings (SSSR count). The highest BCUT2D eigenvalue weighted by atomic mass is 35.5. The van der Waals surface area contributed by atoms with Gasteiger partial charge < -0.3 is 21.5 Å². The van der Waals surface area contributed by atoms with Gasteiger partial charge in [0.25, 0.3) is 0 Å². The number of carbonyl (C=O) groups excluding carboxylic acids is 2. The smallest absolute Gasteiger partial charge is 0.241 e. The molecule has 19 heavy (non-hydrogen) atoms. The highest BCUT2D eigenvalue weighted by Gasteiger charge is 2.17. The van der Waals surface area contributed by atoms with E-state index in [2.05, 4.69) is 5.32 Å². The molecular weight excluding hydrogens is 270 g/mol. The van der Waals surface area contributed by atoms with Gasteiger partial charge >= 0.3 is 0 Å². The molecule has 1 aromatic carbocycles. The number of hydrogen-bond donors (Lipinski definition) is 3. The summed E-state index contributed by atoms with van der Waals surface area (Å²) in [6, 6.07) is 3.82. The zero-order valence-corrected chi connectivity index (χ0v) is 11.2. The first kappa shape index (κ1) is 15.3. The Labute approximate surface area is 116 Å². The van der Waals surface area contributed by atoms with Gasteiger partial charge in [-0.1, -0.05) is 11.6 Å². The summed E-state index contributed by atoms with van der Waals surface area (Å²) in [5.74, 6) is -0.688. The second kappa shape index (κ2) is 6.96. The quantitative estimate of drug-likeness (QED) is 0.721.